The number of hydrogen-bond donors (Lipinski definition) is 1. The highest BCUT2D eigenvalue weighted by molar-refractivity contribution is 5.76. The van der Waals surface area contributed by atoms with Crippen molar-refractivity contribution in [3.63, 3.8) is 0 Å². The van der Waals surface area contributed by atoms with Crippen molar-refractivity contribution in [3.8, 4) is 0 Å². The van der Waals surface area contributed by atoms with Crippen molar-refractivity contribution in [1.29, 1.82) is 0 Å². The summed E-state index contributed by atoms with van der Waals surface area (Å²) in [7, 11) is 0. The molecule has 1 atom stereocenters. The lowest BCUT2D eigenvalue weighted by Crippen LogP contribution is -2.29. The fraction of sp³-hybridized carbons (Fsp3) is 0.500. The van der Waals surface area contributed by atoms with Crippen LogP contribution in [0.3, 0.4) is 0 Å². The summed E-state index contributed by atoms with van der Waals surface area (Å²) in [6.07, 6.45) is 1.88. The second-order valence-electron chi connectivity index (χ2n) is 2.48. The smallest absolute Gasteiger partial charge is 0.230 e. The SMILES string of the molecule is [C-]#[N+]C=CC(CC(=O)NCC)[N+](=O)[O-]. The molecule has 1 N–H and O–H groups in total. The van der Waals surface area contributed by atoms with Crippen molar-refractivity contribution in [2.24, 2.45) is 0 Å². The van der Waals surface area contributed by atoms with E-state index in [0.717, 1.165) is 12.3 Å². The number of nitrogens with zero attached hydrogens (tertiary/aromatic N) is 2. The van der Waals surface area contributed by atoms with E-state index in [-0.39, 0.29) is 12.3 Å². The first-order valence-electron chi connectivity index (χ1n) is 4.05. The van der Waals surface area contributed by atoms with Gasteiger partial charge in [0, 0.05) is 11.5 Å². The quantitative estimate of drug-likeness (QED) is 0.398. The van der Waals surface area contributed by atoms with E-state index in [2.05, 4.69) is 10.2 Å². The predicted molar refractivity (Wildman–Crippen MR) is 49.8 cm³/mol. The summed E-state index contributed by atoms with van der Waals surface area (Å²) in [5, 5.41) is 12.9. The van der Waals surface area contributed by atoms with Gasteiger partial charge >= 0.3 is 0 Å². The van der Waals surface area contributed by atoms with Gasteiger partial charge in [-0.05, 0) is 13.0 Å². The van der Waals surface area contributed by atoms with Crippen molar-refractivity contribution >= 4 is 5.91 Å². The van der Waals surface area contributed by atoms with Crippen LogP contribution in [0.15, 0.2) is 12.3 Å². The first-order chi connectivity index (χ1) is 6.61. The molecule has 0 aromatic heterocycles. The molecular weight excluding hydrogens is 186 g/mol. The summed E-state index contributed by atoms with van der Waals surface area (Å²) in [6.45, 7) is 8.59. The zero-order chi connectivity index (χ0) is 11.0. The van der Waals surface area contributed by atoms with E-state index in [4.69, 9.17) is 6.57 Å². The van der Waals surface area contributed by atoms with Crippen molar-refractivity contribution in [1.82, 2.24) is 5.32 Å². The fourth-order valence-electron chi connectivity index (χ4n) is 0.815. The highest BCUT2D eigenvalue weighted by Gasteiger charge is 2.19. The normalized spacial score (nSPS) is 12.0. The van der Waals surface area contributed by atoms with Crippen LogP contribution in [0.1, 0.15) is 13.3 Å². The number of nitro groups is 1. The summed E-state index contributed by atoms with van der Waals surface area (Å²) in [5.74, 6) is -0.385. The van der Waals surface area contributed by atoms with Crippen LogP contribution in [-0.4, -0.2) is 23.4 Å². The van der Waals surface area contributed by atoms with E-state index in [1.165, 1.54) is 0 Å². The third-order valence-corrected chi connectivity index (χ3v) is 1.42. The maximum atomic E-state index is 11.0. The Hall–Kier alpha value is -1.90. The van der Waals surface area contributed by atoms with Crippen molar-refractivity contribution in [2.45, 2.75) is 19.4 Å². The van der Waals surface area contributed by atoms with Gasteiger partial charge in [0.15, 0.2) is 6.20 Å². The summed E-state index contributed by atoms with van der Waals surface area (Å²) >= 11 is 0. The largest absolute Gasteiger partial charge is 0.356 e. The van der Waals surface area contributed by atoms with Crippen LogP contribution >= 0.6 is 0 Å². The van der Waals surface area contributed by atoms with E-state index in [0.29, 0.717) is 6.54 Å². The first kappa shape index (κ1) is 12.1. The number of rotatable bonds is 5. The van der Waals surface area contributed by atoms with Gasteiger partial charge in [0.25, 0.3) is 0 Å². The van der Waals surface area contributed by atoms with Gasteiger partial charge in [-0.25, -0.2) is 4.85 Å². The topological polar surface area (TPSA) is 76.6 Å². The Kier molecular flexibility index (Phi) is 5.70. The fourth-order valence-corrected chi connectivity index (χ4v) is 0.815. The first-order valence-corrected chi connectivity index (χ1v) is 4.05. The summed E-state index contributed by atoms with van der Waals surface area (Å²) < 4.78 is 0. The Morgan fingerprint density at radius 1 is 1.79 bits per heavy atom. The van der Waals surface area contributed by atoms with Crippen LogP contribution in [-0.2, 0) is 4.79 Å². The molecule has 0 saturated heterocycles. The van der Waals surface area contributed by atoms with Crippen LogP contribution in [0.4, 0.5) is 0 Å². The summed E-state index contributed by atoms with van der Waals surface area (Å²) in [5.41, 5.74) is 0. The number of hydrogen-bond acceptors (Lipinski definition) is 3. The molecule has 0 spiro atoms. The summed E-state index contributed by atoms with van der Waals surface area (Å²) in [4.78, 5) is 23.7. The van der Waals surface area contributed by atoms with Gasteiger partial charge in [0.1, 0.15) is 0 Å². The van der Waals surface area contributed by atoms with Crippen LogP contribution in [0.5, 0.6) is 0 Å². The second-order valence-corrected chi connectivity index (χ2v) is 2.48. The van der Waals surface area contributed by atoms with E-state index in [9.17, 15) is 14.9 Å². The molecule has 0 saturated carbocycles. The van der Waals surface area contributed by atoms with Crippen LogP contribution in [0, 0.1) is 16.7 Å². The van der Waals surface area contributed by atoms with Gasteiger partial charge in [-0.3, -0.25) is 14.9 Å². The average Bonchev–Trinajstić information content (AvgIpc) is 2.12. The minimum atomic E-state index is -1.12. The molecule has 0 radical (unpaired) electrons. The molecule has 0 aliphatic heterocycles. The molecule has 0 aliphatic carbocycles. The highest BCUT2D eigenvalue weighted by Crippen LogP contribution is 1.99. The standard InChI is InChI=1S/C8H11N3O3/c1-3-10-8(12)6-7(11(13)14)4-5-9-2/h4-5,7H,3,6H2,1H3,(H,10,12). The molecule has 1 amide bonds. The lowest BCUT2D eigenvalue weighted by molar-refractivity contribution is -0.508. The van der Waals surface area contributed by atoms with Crippen LogP contribution < -0.4 is 5.32 Å². The number of amides is 1. The Morgan fingerprint density at radius 2 is 2.43 bits per heavy atom. The van der Waals surface area contributed by atoms with Gasteiger partial charge in [-0.2, -0.15) is 0 Å². The molecule has 0 aliphatic rings. The van der Waals surface area contributed by atoms with E-state index >= 15 is 0 Å². The zero-order valence-corrected chi connectivity index (χ0v) is 7.77. The maximum Gasteiger partial charge on any atom is 0.230 e. The van der Waals surface area contributed by atoms with Gasteiger partial charge < -0.3 is 5.32 Å². The van der Waals surface area contributed by atoms with Crippen LogP contribution in [0.25, 0.3) is 4.85 Å². The monoisotopic (exact) mass is 197 g/mol. The molecule has 6 nitrogen and oxygen atoms in total. The molecule has 0 rings (SSSR count). The highest BCUT2D eigenvalue weighted by atomic mass is 16.6. The maximum absolute atomic E-state index is 11.0. The molecule has 0 heterocycles. The lowest BCUT2D eigenvalue weighted by Gasteiger charge is -2.04. The van der Waals surface area contributed by atoms with Crippen LogP contribution in [0.2, 0.25) is 0 Å². The van der Waals surface area contributed by atoms with Crippen molar-refractivity contribution in [2.75, 3.05) is 6.54 Å². The molecule has 14 heavy (non-hydrogen) atoms. The third-order valence-electron chi connectivity index (χ3n) is 1.42. The van der Waals surface area contributed by atoms with E-state index < -0.39 is 11.0 Å². The van der Waals surface area contributed by atoms with E-state index in [1.807, 2.05) is 0 Å². The number of nitrogens with one attached hydrogen (secondary N) is 1. The Labute approximate surface area is 81.6 Å². The average molecular weight is 197 g/mol. The molecule has 0 bridgehead atoms. The molecule has 0 aromatic carbocycles. The number of carbonyl (C=O) groups is 1. The second kappa shape index (κ2) is 6.60. The zero-order valence-electron chi connectivity index (χ0n) is 7.77. The molecular formula is C8H11N3O3. The van der Waals surface area contributed by atoms with Crippen molar-refractivity contribution in [3.05, 3.63) is 33.8 Å². The molecule has 0 fully saturated rings. The Bertz CT molecular complexity index is 280. The van der Waals surface area contributed by atoms with Gasteiger partial charge in [0.05, 0.1) is 13.0 Å². The van der Waals surface area contributed by atoms with Crippen molar-refractivity contribution < 1.29 is 9.72 Å². The number of carbonyl (C=O) groups excluding carboxylic acids is 1. The minimum absolute atomic E-state index is 0.229. The van der Waals surface area contributed by atoms with Gasteiger partial charge in [-0.15, -0.1) is 0 Å². The Morgan fingerprint density at radius 3 is 2.86 bits per heavy atom. The minimum Gasteiger partial charge on any atom is -0.356 e. The summed E-state index contributed by atoms with van der Waals surface area (Å²) in [6, 6.07) is -1.12. The molecule has 1 unspecified atom stereocenters. The molecule has 6 heteroatoms. The van der Waals surface area contributed by atoms with E-state index in [1.54, 1.807) is 6.92 Å². The third kappa shape index (κ3) is 4.87. The lowest BCUT2D eigenvalue weighted by atomic mass is 10.2. The van der Waals surface area contributed by atoms with Gasteiger partial charge in [-0.1, -0.05) is 0 Å². The Balaban J connectivity index is 4.25. The van der Waals surface area contributed by atoms with Gasteiger partial charge in [0.2, 0.25) is 11.9 Å². The predicted octanol–water partition coefficient (Wildman–Crippen LogP) is 0.591. The molecule has 76 valence electrons. The molecule has 0 aromatic rings.